The fourth-order valence-electron chi connectivity index (χ4n) is 2.43. The van der Waals surface area contributed by atoms with Gasteiger partial charge in [-0.3, -0.25) is 0 Å². The van der Waals surface area contributed by atoms with Crippen LogP contribution in [-0.4, -0.2) is 18.3 Å². The van der Waals surface area contributed by atoms with Crippen LogP contribution < -0.4 is 5.32 Å². The lowest BCUT2D eigenvalue weighted by Gasteiger charge is -2.44. The van der Waals surface area contributed by atoms with E-state index in [1.165, 1.54) is 13.1 Å². The topological polar surface area (TPSA) is 12.0 Å². The van der Waals surface area contributed by atoms with Crippen LogP contribution in [0.3, 0.4) is 0 Å². The minimum atomic E-state index is 0.405. The van der Waals surface area contributed by atoms with E-state index in [9.17, 15) is 0 Å². The average molecular weight is 219 g/mol. The second-order valence-corrected chi connectivity index (χ2v) is 6.71. The molecule has 1 saturated heterocycles. The molecule has 0 spiro atoms. The summed E-state index contributed by atoms with van der Waals surface area (Å²) < 4.78 is 0. The lowest BCUT2D eigenvalue weighted by molar-refractivity contribution is 0.116. The zero-order valence-corrected chi connectivity index (χ0v) is 10.7. The molecule has 2 atom stereocenters. The van der Waals surface area contributed by atoms with E-state index in [4.69, 9.17) is 0 Å². The summed E-state index contributed by atoms with van der Waals surface area (Å²) in [5.74, 6) is 1.63. The molecule has 0 bridgehead atoms. The van der Waals surface area contributed by atoms with Crippen LogP contribution in [0.2, 0.25) is 0 Å². The average Bonchev–Trinajstić information content (AvgIpc) is 1.92. The summed E-state index contributed by atoms with van der Waals surface area (Å²) in [5.41, 5.74) is 0.405. The van der Waals surface area contributed by atoms with Crippen molar-refractivity contribution >= 4 is 22.5 Å². The Morgan fingerprint density at radius 1 is 1.38 bits per heavy atom. The van der Waals surface area contributed by atoms with Gasteiger partial charge in [0.2, 0.25) is 0 Å². The highest BCUT2D eigenvalue weighted by Crippen LogP contribution is 2.41. The van der Waals surface area contributed by atoms with Crippen molar-refractivity contribution in [3.63, 3.8) is 0 Å². The first-order valence-corrected chi connectivity index (χ1v) is 6.91. The van der Waals surface area contributed by atoms with Crippen LogP contribution in [0, 0.1) is 17.3 Å². The Morgan fingerprint density at radius 3 is 2.15 bits per heavy atom. The molecular formula is C10H21NS2. The highest BCUT2D eigenvalue weighted by Gasteiger charge is 2.38. The van der Waals surface area contributed by atoms with Gasteiger partial charge in [-0.25, -0.2) is 0 Å². The quantitative estimate of drug-likeness (QED) is 0.559. The molecule has 1 N–H and O–H groups in total. The summed E-state index contributed by atoms with van der Waals surface area (Å²) >= 11 is 4.34. The normalized spacial score (nSPS) is 23.8. The molecule has 2 unspecified atom stereocenters. The van der Waals surface area contributed by atoms with Gasteiger partial charge in [0.15, 0.2) is 0 Å². The molecule has 0 aromatic rings. The molecule has 0 aromatic heterocycles. The largest absolute Gasteiger partial charge is 0.316 e. The van der Waals surface area contributed by atoms with Crippen LogP contribution in [0.4, 0.5) is 0 Å². The molecule has 3 heteroatoms. The van der Waals surface area contributed by atoms with Gasteiger partial charge < -0.3 is 5.32 Å². The lowest BCUT2D eigenvalue weighted by Crippen LogP contribution is -2.52. The number of hydrogen-bond acceptors (Lipinski definition) is 3. The number of thiol groups is 1. The summed E-state index contributed by atoms with van der Waals surface area (Å²) in [7, 11) is 1.70. The first-order valence-electron chi connectivity index (χ1n) is 4.97. The molecule has 1 heterocycles. The Morgan fingerprint density at radius 2 is 1.92 bits per heavy atom. The smallest absolute Gasteiger partial charge is 0.0157 e. The van der Waals surface area contributed by atoms with Gasteiger partial charge in [0, 0.05) is 5.25 Å². The molecule has 0 aliphatic carbocycles. The molecule has 1 aliphatic rings. The van der Waals surface area contributed by atoms with E-state index in [1.807, 2.05) is 0 Å². The van der Waals surface area contributed by atoms with Crippen LogP contribution in [0.5, 0.6) is 0 Å². The number of nitrogens with one attached hydrogen (secondary N) is 1. The van der Waals surface area contributed by atoms with Gasteiger partial charge in [-0.15, -0.1) is 11.7 Å². The first kappa shape index (κ1) is 11.7. The van der Waals surface area contributed by atoms with E-state index >= 15 is 0 Å². The monoisotopic (exact) mass is 219 g/mol. The van der Waals surface area contributed by atoms with Gasteiger partial charge in [-0.2, -0.15) is 0 Å². The highest BCUT2D eigenvalue weighted by molar-refractivity contribution is 8.68. The Bertz CT molecular complexity index is 156. The summed E-state index contributed by atoms with van der Waals surface area (Å²) in [6.07, 6.45) is 0. The molecule has 0 radical (unpaired) electrons. The Labute approximate surface area is 91.2 Å². The third-order valence-electron chi connectivity index (χ3n) is 2.99. The minimum Gasteiger partial charge on any atom is -0.316 e. The van der Waals surface area contributed by atoms with Crippen LogP contribution in [0.1, 0.15) is 27.7 Å². The summed E-state index contributed by atoms with van der Waals surface area (Å²) in [6.45, 7) is 11.7. The Kier molecular flexibility index (Phi) is 4.02. The second kappa shape index (κ2) is 4.45. The van der Waals surface area contributed by atoms with Crippen molar-refractivity contribution in [1.82, 2.24) is 5.32 Å². The minimum absolute atomic E-state index is 0.405. The molecule has 1 rings (SSSR count). The third-order valence-corrected chi connectivity index (χ3v) is 4.62. The molecule has 1 nitrogen and oxygen atoms in total. The molecule has 0 amide bonds. The van der Waals surface area contributed by atoms with Crippen molar-refractivity contribution in [2.75, 3.05) is 13.1 Å². The van der Waals surface area contributed by atoms with Crippen molar-refractivity contribution in [2.24, 2.45) is 17.3 Å². The van der Waals surface area contributed by atoms with E-state index in [0.29, 0.717) is 10.7 Å². The number of rotatable bonds is 3. The predicted octanol–water partition coefficient (Wildman–Crippen LogP) is 2.83. The zero-order valence-electron chi connectivity index (χ0n) is 9.00. The maximum atomic E-state index is 4.34. The van der Waals surface area contributed by atoms with Gasteiger partial charge >= 0.3 is 0 Å². The van der Waals surface area contributed by atoms with Gasteiger partial charge in [-0.1, -0.05) is 38.5 Å². The predicted molar refractivity (Wildman–Crippen MR) is 65.3 cm³/mol. The van der Waals surface area contributed by atoms with Crippen LogP contribution in [-0.2, 0) is 0 Å². The van der Waals surface area contributed by atoms with Crippen LogP contribution in [0.25, 0.3) is 0 Å². The van der Waals surface area contributed by atoms with Crippen molar-refractivity contribution in [2.45, 2.75) is 32.9 Å². The molecular weight excluding hydrogens is 198 g/mol. The molecule has 0 aromatic carbocycles. The molecule has 0 saturated carbocycles. The van der Waals surface area contributed by atoms with Crippen LogP contribution in [0.15, 0.2) is 0 Å². The summed E-state index contributed by atoms with van der Waals surface area (Å²) in [4.78, 5) is 0. The SMILES string of the molecule is CC(SS)C(C1CNC1)C(C)(C)C. The number of hydrogen-bond donors (Lipinski definition) is 2. The van der Waals surface area contributed by atoms with Crippen molar-refractivity contribution in [3.8, 4) is 0 Å². The van der Waals surface area contributed by atoms with Crippen molar-refractivity contribution in [3.05, 3.63) is 0 Å². The van der Waals surface area contributed by atoms with Gasteiger partial charge in [-0.05, 0) is 30.3 Å². The molecule has 1 aliphatic heterocycles. The van der Waals surface area contributed by atoms with Gasteiger partial charge in [0.25, 0.3) is 0 Å². The van der Waals surface area contributed by atoms with E-state index in [1.54, 1.807) is 10.8 Å². The third kappa shape index (κ3) is 2.80. The standard InChI is InChI=1S/C10H21NS2/c1-7(13-12)9(10(2,3)4)8-5-11-6-8/h7-9,11-12H,5-6H2,1-4H3. The fraction of sp³-hybridized carbons (Fsp3) is 1.00. The Hall–Kier alpha value is 0.660. The zero-order chi connectivity index (χ0) is 10.1. The molecule has 13 heavy (non-hydrogen) atoms. The van der Waals surface area contributed by atoms with Gasteiger partial charge in [0.05, 0.1) is 0 Å². The maximum Gasteiger partial charge on any atom is 0.0157 e. The first-order chi connectivity index (χ1) is 5.96. The summed E-state index contributed by atoms with van der Waals surface area (Å²) in [5, 5.41) is 4.01. The van der Waals surface area contributed by atoms with E-state index in [2.05, 4.69) is 44.7 Å². The lowest BCUT2D eigenvalue weighted by atomic mass is 9.69. The van der Waals surface area contributed by atoms with E-state index in [0.717, 1.165) is 11.8 Å². The van der Waals surface area contributed by atoms with E-state index < -0.39 is 0 Å². The van der Waals surface area contributed by atoms with E-state index in [-0.39, 0.29) is 0 Å². The Balaban J connectivity index is 2.63. The molecule has 78 valence electrons. The van der Waals surface area contributed by atoms with Crippen molar-refractivity contribution in [1.29, 1.82) is 0 Å². The maximum absolute atomic E-state index is 4.34. The summed E-state index contributed by atoms with van der Waals surface area (Å²) in [6, 6.07) is 0. The highest BCUT2D eigenvalue weighted by atomic mass is 33.1. The van der Waals surface area contributed by atoms with Gasteiger partial charge in [0.1, 0.15) is 0 Å². The van der Waals surface area contributed by atoms with Crippen LogP contribution >= 0.6 is 22.5 Å². The fourth-order valence-corrected chi connectivity index (χ4v) is 3.58. The van der Waals surface area contributed by atoms with Crippen molar-refractivity contribution < 1.29 is 0 Å². The second-order valence-electron chi connectivity index (χ2n) is 5.12. The molecule has 1 fully saturated rings.